The summed E-state index contributed by atoms with van der Waals surface area (Å²) in [7, 11) is 1.55. The zero-order valence-corrected chi connectivity index (χ0v) is 18.5. The maximum absolute atomic E-state index is 10.0. The van der Waals surface area contributed by atoms with E-state index >= 15 is 0 Å². The van der Waals surface area contributed by atoms with Crippen LogP contribution in [0.3, 0.4) is 0 Å². The molecule has 31 heavy (non-hydrogen) atoms. The lowest BCUT2D eigenvalue weighted by molar-refractivity contribution is 0.409. The number of benzene rings is 2. The third-order valence-electron chi connectivity index (χ3n) is 4.83. The zero-order valence-electron chi connectivity index (χ0n) is 17.7. The van der Waals surface area contributed by atoms with E-state index in [1.807, 2.05) is 37.3 Å². The molecule has 0 aliphatic heterocycles. The smallest absolute Gasteiger partial charge is 0.216 e. The van der Waals surface area contributed by atoms with Crippen LogP contribution in [0.1, 0.15) is 52.4 Å². The highest BCUT2D eigenvalue weighted by atomic mass is 32.1. The summed E-state index contributed by atoms with van der Waals surface area (Å²) in [6.07, 6.45) is 4.38. The first kappa shape index (κ1) is 22.2. The van der Waals surface area contributed by atoms with Crippen LogP contribution in [0.5, 0.6) is 5.75 Å². The number of ether oxygens (including phenoxy) is 1. The van der Waals surface area contributed by atoms with Gasteiger partial charge in [-0.1, -0.05) is 18.2 Å². The van der Waals surface area contributed by atoms with Crippen LogP contribution in [-0.4, -0.2) is 27.5 Å². The van der Waals surface area contributed by atoms with Gasteiger partial charge in [0.05, 0.1) is 24.3 Å². The second-order valence-corrected chi connectivity index (χ2v) is 7.48. The molecule has 0 aliphatic carbocycles. The van der Waals surface area contributed by atoms with Crippen molar-refractivity contribution in [2.75, 3.05) is 7.11 Å². The minimum absolute atomic E-state index is 0.223. The number of nitriles is 1. The zero-order chi connectivity index (χ0) is 22.4. The fourth-order valence-corrected chi connectivity index (χ4v) is 3.61. The lowest BCUT2D eigenvalue weighted by atomic mass is 9.92. The van der Waals surface area contributed by atoms with Crippen LogP contribution in [0.25, 0.3) is 5.57 Å². The van der Waals surface area contributed by atoms with Crippen molar-refractivity contribution in [2.45, 2.75) is 33.1 Å². The summed E-state index contributed by atoms with van der Waals surface area (Å²) >= 11 is 5.03. The Morgan fingerprint density at radius 1 is 1.23 bits per heavy atom. The van der Waals surface area contributed by atoms with Crippen LogP contribution in [0.2, 0.25) is 0 Å². The van der Waals surface area contributed by atoms with Gasteiger partial charge in [0.15, 0.2) is 5.05 Å². The summed E-state index contributed by atoms with van der Waals surface area (Å²) in [5, 5.41) is 27.0. The molecule has 1 N–H and O–H groups in total. The first-order chi connectivity index (χ1) is 14.9. The van der Waals surface area contributed by atoms with Crippen LogP contribution in [0, 0.1) is 25.2 Å². The molecule has 0 saturated carbocycles. The lowest BCUT2D eigenvalue weighted by Crippen LogP contribution is -2.03. The Bertz CT molecular complexity index is 1180. The van der Waals surface area contributed by atoms with Crippen molar-refractivity contribution in [3.05, 3.63) is 82.1 Å². The van der Waals surface area contributed by atoms with E-state index in [0.717, 1.165) is 35.1 Å². The van der Waals surface area contributed by atoms with E-state index in [9.17, 15) is 10.4 Å². The van der Waals surface area contributed by atoms with Crippen molar-refractivity contribution < 1.29 is 14.3 Å². The monoisotopic (exact) mass is 433 g/mol. The third-order valence-corrected chi connectivity index (χ3v) is 5.05. The Labute approximate surface area is 186 Å². The number of methoxy groups -OCH3 is 1. The summed E-state index contributed by atoms with van der Waals surface area (Å²) < 4.78 is 10.9. The molecular weight excluding hydrogens is 410 g/mol. The molecule has 1 heterocycles. The molecule has 3 aromatic rings. The molecule has 7 heteroatoms. The highest BCUT2D eigenvalue weighted by molar-refractivity contribution is 7.80. The molecule has 0 radical (unpaired) electrons. The first-order valence-electron chi connectivity index (χ1n) is 9.85. The maximum Gasteiger partial charge on any atom is 0.216 e. The molecule has 0 atom stereocenters. The number of hydrogen-bond acceptors (Lipinski definition) is 6. The van der Waals surface area contributed by atoms with E-state index in [0.29, 0.717) is 35.1 Å². The van der Waals surface area contributed by atoms with Gasteiger partial charge in [-0.15, -0.1) is 10.2 Å². The molecule has 0 fully saturated rings. The molecule has 0 saturated heterocycles. The van der Waals surface area contributed by atoms with E-state index < -0.39 is 0 Å². The van der Waals surface area contributed by atoms with Crippen molar-refractivity contribution in [2.24, 2.45) is 0 Å². The summed E-state index contributed by atoms with van der Waals surface area (Å²) in [6.45, 7) is 3.68. The highest BCUT2D eigenvalue weighted by Crippen LogP contribution is 2.32. The number of aromatic nitrogens is 2. The Balaban J connectivity index is 1.99. The second-order valence-electron chi connectivity index (χ2n) is 7.10. The maximum atomic E-state index is 10.0. The van der Waals surface area contributed by atoms with Gasteiger partial charge in [0.25, 0.3) is 0 Å². The number of aliphatic hydroxyl groups excluding tert-OH is 1. The van der Waals surface area contributed by atoms with E-state index in [2.05, 4.69) is 22.3 Å². The third kappa shape index (κ3) is 5.36. The van der Waals surface area contributed by atoms with Crippen LogP contribution in [-0.2, 0) is 6.42 Å². The number of unbranched alkanes of at least 4 members (excludes halogenated alkanes) is 1. The van der Waals surface area contributed by atoms with Crippen molar-refractivity contribution >= 4 is 22.8 Å². The molecule has 0 spiro atoms. The van der Waals surface area contributed by atoms with Gasteiger partial charge in [-0.3, -0.25) is 0 Å². The van der Waals surface area contributed by atoms with Gasteiger partial charge in [0, 0.05) is 13.3 Å². The molecule has 6 nitrogen and oxygen atoms in total. The molecule has 1 aromatic heterocycles. The van der Waals surface area contributed by atoms with Crippen molar-refractivity contribution in [1.29, 1.82) is 5.26 Å². The Hall–Kier alpha value is -3.50. The van der Waals surface area contributed by atoms with Crippen LogP contribution in [0.4, 0.5) is 0 Å². The van der Waals surface area contributed by atoms with Gasteiger partial charge in [-0.25, -0.2) is 0 Å². The van der Waals surface area contributed by atoms with Gasteiger partial charge >= 0.3 is 0 Å². The van der Waals surface area contributed by atoms with Crippen LogP contribution >= 0.6 is 12.2 Å². The number of aliphatic hydroxyl groups is 1. The molecule has 2 aromatic carbocycles. The van der Waals surface area contributed by atoms with E-state index in [-0.39, 0.29) is 5.05 Å². The summed E-state index contributed by atoms with van der Waals surface area (Å²) in [6, 6.07) is 13.4. The average molecular weight is 434 g/mol. The number of allylic oxidation sites excluding steroid dienone is 1. The van der Waals surface area contributed by atoms with Crippen LogP contribution in [0.15, 0.2) is 46.9 Å². The first-order valence-corrected chi connectivity index (χ1v) is 10.3. The van der Waals surface area contributed by atoms with E-state index in [1.165, 1.54) is 0 Å². The normalized spacial score (nSPS) is 11.2. The van der Waals surface area contributed by atoms with Crippen LogP contribution < -0.4 is 4.74 Å². The number of aryl methyl sites for hydroxylation is 3. The Morgan fingerprint density at radius 3 is 2.68 bits per heavy atom. The minimum atomic E-state index is -0.223. The number of hydrogen-bond donors (Lipinski definition) is 1. The summed E-state index contributed by atoms with van der Waals surface area (Å²) in [5.41, 5.74) is 4.64. The lowest BCUT2D eigenvalue weighted by Gasteiger charge is -2.15. The molecule has 0 bridgehead atoms. The molecule has 0 unspecified atom stereocenters. The molecule has 158 valence electrons. The largest absolute Gasteiger partial charge is 0.498 e. The molecule has 3 rings (SSSR count). The minimum Gasteiger partial charge on any atom is -0.498 e. The highest BCUT2D eigenvalue weighted by Gasteiger charge is 2.15. The Morgan fingerprint density at radius 2 is 2.03 bits per heavy atom. The van der Waals surface area contributed by atoms with Crippen molar-refractivity contribution in [3.63, 3.8) is 0 Å². The molecule has 0 amide bonds. The van der Waals surface area contributed by atoms with Gasteiger partial charge in [0.1, 0.15) is 5.75 Å². The van der Waals surface area contributed by atoms with E-state index in [4.69, 9.17) is 21.4 Å². The Kier molecular flexibility index (Phi) is 7.16. The fraction of sp³-hybridized carbons (Fsp3) is 0.250. The average Bonchev–Trinajstić information content (AvgIpc) is 3.18. The fourth-order valence-electron chi connectivity index (χ4n) is 3.46. The van der Waals surface area contributed by atoms with Gasteiger partial charge in [0.2, 0.25) is 11.8 Å². The quantitative estimate of drug-likeness (QED) is 0.383. The molecular formula is C24H23N3O3S. The van der Waals surface area contributed by atoms with Crippen molar-refractivity contribution in [1.82, 2.24) is 10.2 Å². The predicted octanol–water partition coefficient (Wildman–Crippen LogP) is 5.25. The number of nitrogens with zero attached hydrogens (tertiary/aromatic N) is 3. The number of thiocarbonyl (C=S) groups is 1. The second kappa shape index (κ2) is 10.0. The summed E-state index contributed by atoms with van der Waals surface area (Å²) in [4.78, 5) is 0. The topological polar surface area (TPSA) is 92.2 Å². The predicted molar refractivity (Wildman–Crippen MR) is 122 cm³/mol. The standard InChI is InChI=1S/C24H23N3O3S/c1-15-11-19(13-21(24(28)31)23(15)29-3)20(18-8-6-7-17(12-18)14-25)9-4-5-10-22-27-26-16(2)30-22/h6-9,11-13H,4-5,10H2,1-3H3,(H,28,31). The van der Waals surface area contributed by atoms with Crippen molar-refractivity contribution in [3.8, 4) is 11.8 Å². The summed E-state index contributed by atoms with van der Waals surface area (Å²) in [5.74, 6) is 1.72. The van der Waals surface area contributed by atoms with Gasteiger partial charge < -0.3 is 14.3 Å². The van der Waals surface area contributed by atoms with Gasteiger partial charge in [-0.2, -0.15) is 5.26 Å². The SMILES string of the molecule is COc1c(C)cc(C(=CCCCc2nnc(C)o2)c2cccc(C#N)c2)cc1C(O)=S. The molecule has 0 aliphatic rings. The van der Waals surface area contributed by atoms with E-state index in [1.54, 1.807) is 20.1 Å². The van der Waals surface area contributed by atoms with Gasteiger partial charge in [-0.05, 0) is 78.5 Å². The number of rotatable bonds is 8.